The molecule has 0 amide bonds. The number of anilines is 1. The van der Waals surface area contributed by atoms with Gasteiger partial charge in [-0.25, -0.2) is 9.97 Å². The number of aryl methyl sites for hydroxylation is 1. The van der Waals surface area contributed by atoms with Crippen molar-refractivity contribution in [2.24, 2.45) is 0 Å². The van der Waals surface area contributed by atoms with Crippen LogP contribution in [0, 0.1) is 6.92 Å². The number of hydrogen-bond donors (Lipinski definition) is 0. The maximum absolute atomic E-state index is 5.39. The van der Waals surface area contributed by atoms with Crippen LogP contribution in [0.25, 0.3) is 0 Å². The average Bonchev–Trinajstić information content (AvgIpc) is 3.01. The molecule has 4 heterocycles. The van der Waals surface area contributed by atoms with Crippen molar-refractivity contribution in [2.75, 3.05) is 31.6 Å². The highest BCUT2D eigenvalue weighted by atomic mass is 16.5. The quantitative estimate of drug-likeness (QED) is 0.832. The predicted molar refractivity (Wildman–Crippen MR) is 85.3 cm³/mol. The van der Waals surface area contributed by atoms with Crippen molar-refractivity contribution >= 4 is 5.82 Å². The number of fused-ring (bicyclic) bond motifs is 1. The van der Waals surface area contributed by atoms with Gasteiger partial charge in [-0.15, -0.1) is 0 Å². The molecule has 0 N–H and O–H groups in total. The second-order valence-corrected chi connectivity index (χ2v) is 6.58. The van der Waals surface area contributed by atoms with Gasteiger partial charge in [0, 0.05) is 38.2 Å². The highest BCUT2D eigenvalue weighted by molar-refractivity contribution is 5.50. The third-order valence-corrected chi connectivity index (χ3v) is 4.78. The Morgan fingerprint density at radius 1 is 1.26 bits per heavy atom. The molecule has 2 aliphatic heterocycles. The lowest BCUT2D eigenvalue weighted by Crippen LogP contribution is -2.37. The largest absolute Gasteiger partial charge is 0.355 e. The minimum Gasteiger partial charge on any atom is -0.355 e. The summed E-state index contributed by atoms with van der Waals surface area (Å²) in [5.41, 5.74) is 2.48. The van der Waals surface area contributed by atoms with Crippen LogP contribution >= 0.6 is 0 Å². The molecule has 7 heteroatoms. The lowest BCUT2D eigenvalue weighted by molar-refractivity contribution is 0.307. The Morgan fingerprint density at radius 2 is 2.17 bits per heavy atom. The monoisotopic (exact) mass is 314 g/mol. The fraction of sp³-hybridized carbons (Fsp3) is 0.625. The fourth-order valence-electron chi connectivity index (χ4n) is 3.58. The first-order chi connectivity index (χ1) is 11.2. The molecule has 0 unspecified atom stereocenters. The summed E-state index contributed by atoms with van der Waals surface area (Å²) in [5.74, 6) is 2.84. The van der Waals surface area contributed by atoms with E-state index in [-0.39, 0.29) is 5.92 Å². The van der Waals surface area contributed by atoms with Crippen LogP contribution in [0.3, 0.4) is 0 Å². The summed E-state index contributed by atoms with van der Waals surface area (Å²) < 4.78 is 5.39. The molecule has 2 aliphatic rings. The molecular formula is C16H22N6O. The Hall–Kier alpha value is -2.02. The van der Waals surface area contributed by atoms with Crippen molar-refractivity contribution in [3.63, 3.8) is 0 Å². The molecule has 4 rings (SSSR count). The third-order valence-electron chi connectivity index (χ3n) is 4.78. The van der Waals surface area contributed by atoms with Gasteiger partial charge in [-0.3, -0.25) is 0 Å². The zero-order valence-corrected chi connectivity index (χ0v) is 13.7. The number of rotatable bonds is 2. The van der Waals surface area contributed by atoms with Crippen molar-refractivity contribution in [2.45, 2.75) is 38.6 Å². The molecule has 0 aliphatic carbocycles. The van der Waals surface area contributed by atoms with Crippen LogP contribution in [0.5, 0.6) is 0 Å². The second-order valence-electron chi connectivity index (χ2n) is 6.58. The number of likely N-dealkylation sites (N-methyl/N-ethyl adjacent to an activating group) is 1. The summed E-state index contributed by atoms with van der Waals surface area (Å²) in [6, 6.07) is 0. The van der Waals surface area contributed by atoms with E-state index in [1.807, 2.05) is 6.92 Å². The van der Waals surface area contributed by atoms with Crippen LogP contribution in [0.1, 0.15) is 41.7 Å². The molecule has 23 heavy (non-hydrogen) atoms. The fourth-order valence-corrected chi connectivity index (χ4v) is 3.58. The van der Waals surface area contributed by atoms with Crippen molar-refractivity contribution in [3.8, 4) is 0 Å². The average molecular weight is 314 g/mol. The van der Waals surface area contributed by atoms with Gasteiger partial charge in [0.2, 0.25) is 5.89 Å². The van der Waals surface area contributed by atoms with Crippen LogP contribution in [0.2, 0.25) is 0 Å². The van der Waals surface area contributed by atoms with Crippen molar-refractivity contribution in [1.29, 1.82) is 0 Å². The Bertz CT molecular complexity index is 700. The molecule has 2 aromatic rings. The predicted octanol–water partition coefficient (Wildman–Crippen LogP) is 1.54. The molecule has 0 aromatic carbocycles. The second kappa shape index (κ2) is 5.88. The summed E-state index contributed by atoms with van der Waals surface area (Å²) in [6.07, 6.45) is 4.91. The first-order valence-electron chi connectivity index (χ1n) is 8.27. The summed E-state index contributed by atoms with van der Waals surface area (Å²) in [7, 11) is 2.15. The van der Waals surface area contributed by atoms with Crippen molar-refractivity contribution < 1.29 is 4.52 Å². The lowest BCUT2D eigenvalue weighted by Gasteiger charge is -2.35. The topological polar surface area (TPSA) is 71.2 Å². The smallest absolute Gasteiger partial charge is 0.231 e. The number of aromatic nitrogens is 4. The molecule has 0 radical (unpaired) electrons. The summed E-state index contributed by atoms with van der Waals surface area (Å²) in [6.45, 7) is 5.76. The molecular weight excluding hydrogens is 292 g/mol. The maximum atomic E-state index is 5.39. The standard InChI is InChI=1S/C16H22N6O/c1-11-19-16(23-20-11)12-4-3-6-22(8-12)15-13-9-21(2)7-5-14(13)17-10-18-15/h10,12H,3-9H2,1-2H3/t12-/m1/s1. The Balaban J connectivity index is 1.61. The van der Waals surface area contributed by atoms with Crippen LogP contribution < -0.4 is 4.90 Å². The molecule has 1 fully saturated rings. The molecule has 0 bridgehead atoms. The molecule has 0 saturated carbocycles. The van der Waals surface area contributed by atoms with Crippen LogP contribution in [0.4, 0.5) is 5.82 Å². The van der Waals surface area contributed by atoms with E-state index in [0.29, 0.717) is 5.82 Å². The molecule has 2 aromatic heterocycles. The summed E-state index contributed by atoms with van der Waals surface area (Å²) >= 11 is 0. The number of nitrogens with zero attached hydrogens (tertiary/aromatic N) is 6. The van der Waals surface area contributed by atoms with Crippen LogP contribution in [0.15, 0.2) is 10.9 Å². The van der Waals surface area contributed by atoms with Gasteiger partial charge in [-0.2, -0.15) is 4.98 Å². The number of piperidine rings is 1. The summed E-state index contributed by atoms with van der Waals surface area (Å²) in [4.78, 5) is 18.2. The van der Waals surface area contributed by atoms with Gasteiger partial charge in [-0.05, 0) is 26.8 Å². The minimum absolute atomic E-state index is 0.289. The van der Waals surface area contributed by atoms with E-state index < -0.39 is 0 Å². The van der Waals surface area contributed by atoms with E-state index in [0.717, 1.165) is 57.2 Å². The molecule has 122 valence electrons. The molecule has 0 spiro atoms. The highest BCUT2D eigenvalue weighted by Crippen LogP contribution is 2.31. The van der Waals surface area contributed by atoms with Gasteiger partial charge < -0.3 is 14.3 Å². The maximum Gasteiger partial charge on any atom is 0.231 e. The van der Waals surface area contributed by atoms with Crippen LogP contribution in [-0.2, 0) is 13.0 Å². The van der Waals surface area contributed by atoms with Gasteiger partial charge in [0.25, 0.3) is 0 Å². The molecule has 1 atom stereocenters. The SMILES string of the molecule is Cc1noc([C@@H]2CCCN(c3ncnc4c3CN(C)CC4)C2)n1. The highest BCUT2D eigenvalue weighted by Gasteiger charge is 2.29. The zero-order valence-electron chi connectivity index (χ0n) is 13.7. The van der Waals surface area contributed by atoms with Gasteiger partial charge in [-0.1, -0.05) is 5.16 Å². The van der Waals surface area contributed by atoms with Gasteiger partial charge in [0.05, 0.1) is 11.6 Å². The van der Waals surface area contributed by atoms with E-state index in [1.54, 1.807) is 6.33 Å². The normalized spacial score (nSPS) is 22.2. The minimum atomic E-state index is 0.289. The first kappa shape index (κ1) is 14.6. The Labute approximate surface area is 135 Å². The van der Waals surface area contributed by atoms with Gasteiger partial charge in [0.15, 0.2) is 5.82 Å². The van der Waals surface area contributed by atoms with Crippen LogP contribution in [-0.4, -0.2) is 51.7 Å². The molecule has 7 nitrogen and oxygen atoms in total. The first-order valence-corrected chi connectivity index (χ1v) is 8.27. The van der Waals surface area contributed by atoms with Crippen molar-refractivity contribution in [1.82, 2.24) is 25.0 Å². The van der Waals surface area contributed by atoms with E-state index in [2.05, 4.69) is 37.0 Å². The lowest BCUT2D eigenvalue weighted by atomic mass is 9.97. The number of hydrogen-bond acceptors (Lipinski definition) is 7. The Morgan fingerprint density at radius 3 is 3.00 bits per heavy atom. The zero-order chi connectivity index (χ0) is 15.8. The van der Waals surface area contributed by atoms with Crippen molar-refractivity contribution in [3.05, 3.63) is 29.3 Å². The van der Waals surface area contributed by atoms with E-state index >= 15 is 0 Å². The Kier molecular flexibility index (Phi) is 3.72. The summed E-state index contributed by atoms with van der Waals surface area (Å²) in [5, 5.41) is 3.93. The van der Waals surface area contributed by atoms with Gasteiger partial charge in [0.1, 0.15) is 12.1 Å². The van der Waals surface area contributed by atoms with E-state index in [4.69, 9.17) is 4.52 Å². The van der Waals surface area contributed by atoms with E-state index in [1.165, 1.54) is 11.3 Å². The van der Waals surface area contributed by atoms with E-state index in [9.17, 15) is 0 Å². The van der Waals surface area contributed by atoms with Gasteiger partial charge >= 0.3 is 0 Å². The third kappa shape index (κ3) is 2.81. The molecule has 1 saturated heterocycles.